The fourth-order valence-electron chi connectivity index (χ4n) is 2.44. The smallest absolute Gasteiger partial charge is 0.319 e. The Kier molecular flexibility index (Phi) is 5.43. The van der Waals surface area contributed by atoms with Crippen molar-refractivity contribution in [3.63, 3.8) is 0 Å². The van der Waals surface area contributed by atoms with Gasteiger partial charge in [0, 0.05) is 18.5 Å². The van der Waals surface area contributed by atoms with Gasteiger partial charge in [0.05, 0.1) is 18.3 Å². The maximum absolute atomic E-state index is 12.1. The average Bonchev–Trinajstić information content (AvgIpc) is 3.40. The Bertz CT molecular complexity index is 671. The number of rotatable bonds is 7. The monoisotopic (exact) mass is 325 g/mol. The molecule has 126 valence electrons. The third-order valence-electron chi connectivity index (χ3n) is 3.98. The van der Waals surface area contributed by atoms with Crippen molar-refractivity contribution in [3.05, 3.63) is 59.9 Å². The number of carbonyl (C=O) groups is 1. The Morgan fingerprint density at radius 2 is 2.17 bits per heavy atom. The second-order valence-electron chi connectivity index (χ2n) is 6.23. The Morgan fingerprint density at radius 3 is 2.92 bits per heavy atom. The first kappa shape index (κ1) is 16.5. The van der Waals surface area contributed by atoms with Crippen molar-refractivity contribution in [2.75, 3.05) is 11.9 Å². The SMILES string of the molecule is CC(NC(=O)Nc1cccc(COCC2CC2)c1)c1ccccn1. The summed E-state index contributed by atoms with van der Waals surface area (Å²) in [6, 6.07) is 13.0. The normalized spacial score (nSPS) is 14.9. The number of hydrogen-bond acceptors (Lipinski definition) is 3. The van der Waals surface area contributed by atoms with Gasteiger partial charge in [-0.15, -0.1) is 0 Å². The summed E-state index contributed by atoms with van der Waals surface area (Å²) in [6.45, 7) is 3.32. The van der Waals surface area contributed by atoms with E-state index in [0.29, 0.717) is 6.61 Å². The molecule has 1 heterocycles. The molecule has 0 aliphatic heterocycles. The first-order chi connectivity index (χ1) is 11.7. The largest absolute Gasteiger partial charge is 0.376 e. The fraction of sp³-hybridized carbons (Fsp3) is 0.368. The van der Waals surface area contributed by atoms with E-state index < -0.39 is 0 Å². The van der Waals surface area contributed by atoms with Crippen LogP contribution in [0.25, 0.3) is 0 Å². The molecule has 1 aromatic carbocycles. The summed E-state index contributed by atoms with van der Waals surface area (Å²) < 4.78 is 5.69. The molecule has 1 aromatic heterocycles. The van der Waals surface area contributed by atoms with E-state index in [1.54, 1.807) is 6.20 Å². The van der Waals surface area contributed by atoms with Crippen molar-refractivity contribution in [1.82, 2.24) is 10.3 Å². The Balaban J connectivity index is 1.50. The lowest BCUT2D eigenvalue weighted by Gasteiger charge is -2.14. The predicted octanol–water partition coefficient (Wildman–Crippen LogP) is 3.89. The topological polar surface area (TPSA) is 63.2 Å². The molecule has 0 bridgehead atoms. The fourth-order valence-corrected chi connectivity index (χ4v) is 2.44. The van der Waals surface area contributed by atoms with Gasteiger partial charge >= 0.3 is 6.03 Å². The number of amides is 2. The number of nitrogens with zero attached hydrogens (tertiary/aromatic N) is 1. The van der Waals surface area contributed by atoms with Gasteiger partial charge in [0.15, 0.2) is 0 Å². The van der Waals surface area contributed by atoms with E-state index in [1.807, 2.05) is 49.4 Å². The molecule has 3 rings (SSSR count). The molecule has 1 aliphatic carbocycles. The lowest BCUT2D eigenvalue weighted by Crippen LogP contribution is -2.31. The molecular formula is C19H23N3O2. The highest BCUT2D eigenvalue weighted by Crippen LogP contribution is 2.29. The molecule has 2 aromatic rings. The van der Waals surface area contributed by atoms with Gasteiger partial charge in [-0.05, 0) is 55.5 Å². The number of ether oxygens (including phenoxy) is 1. The number of carbonyl (C=O) groups excluding carboxylic acids is 1. The number of nitrogens with one attached hydrogen (secondary N) is 2. The molecule has 24 heavy (non-hydrogen) atoms. The van der Waals surface area contributed by atoms with Crippen molar-refractivity contribution in [2.24, 2.45) is 5.92 Å². The second kappa shape index (κ2) is 7.93. The summed E-state index contributed by atoms with van der Waals surface area (Å²) in [5.74, 6) is 0.755. The third kappa shape index (κ3) is 5.06. The molecule has 1 unspecified atom stereocenters. The van der Waals surface area contributed by atoms with E-state index in [0.717, 1.165) is 29.5 Å². The van der Waals surface area contributed by atoms with Gasteiger partial charge in [-0.25, -0.2) is 4.79 Å². The van der Waals surface area contributed by atoms with Crippen LogP contribution >= 0.6 is 0 Å². The van der Waals surface area contributed by atoms with Crippen LogP contribution < -0.4 is 10.6 Å². The summed E-state index contributed by atoms with van der Waals surface area (Å²) in [5, 5.41) is 5.75. The van der Waals surface area contributed by atoms with Crippen LogP contribution in [0, 0.1) is 5.92 Å². The van der Waals surface area contributed by atoms with Crippen molar-refractivity contribution in [1.29, 1.82) is 0 Å². The van der Waals surface area contributed by atoms with Crippen LogP contribution in [-0.2, 0) is 11.3 Å². The minimum absolute atomic E-state index is 0.156. The number of pyridine rings is 1. The third-order valence-corrected chi connectivity index (χ3v) is 3.98. The summed E-state index contributed by atoms with van der Waals surface area (Å²) in [5.41, 5.74) is 2.65. The molecule has 5 heteroatoms. The molecule has 0 radical (unpaired) electrons. The van der Waals surface area contributed by atoms with E-state index in [9.17, 15) is 4.79 Å². The Hall–Kier alpha value is -2.40. The molecule has 5 nitrogen and oxygen atoms in total. The first-order valence-electron chi connectivity index (χ1n) is 8.36. The summed E-state index contributed by atoms with van der Waals surface area (Å²) in [4.78, 5) is 16.4. The quantitative estimate of drug-likeness (QED) is 0.812. The summed E-state index contributed by atoms with van der Waals surface area (Å²) >= 11 is 0. The van der Waals surface area contributed by atoms with Crippen molar-refractivity contribution < 1.29 is 9.53 Å². The number of hydrogen-bond donors (Lipinski definition) is 2. The number of benzene rings is 1. The van der Waals surface area contributed by atoms with Crippen LogP contribution in [0.15, 0.2) is 48.7 Å². The van der Waals surface area contributed by atoms with E-state index in [-0.39, 0.29) is 12.1 Å². The van der Waals surface area contributed by atoms with Crippen molar-refractivity contribution in [2.45, 2.75) is 32.4 Å². The van der Waals surface area contributed by atoms with Gasteiger partial charge in [0.2, 0.25) is 0 Å². The standard InChI is InChI=1S/C19H23N3O2/c1-14(18-7-2-3-10-20-18)21-19(23)22-17-6-4-5-16(11-17)13-24-12-15-8-9-15/h2-7,10-11,14-15H,8-9,12-13H2,1H3,(H2,21,22,23). The van der Waals surface area contributed by atoms with E-state index >= 15 is 0 Å². The van der Waals surface area contributed by atoms with E-state index in [2.05, 4.69) is 15.6 Å². The van der Waals surface area contributed by atoms with Crippen LogP contribution in [-0.4, -0.2) is 17.6 Å². The van der Waals surface area contributed by atoms with Crippen LogP contribution in [0.3, 0.4) is 0 Å². The molecule has 1 atom stereocenters. The second-order valence-corrected chi connectivity index (χ2v) is 6.23. The number of aromatic nitrogens is 1. The average molecular weight is 325 g/mol. The highest BCUT2D eigenvalue weighted by atomic mass is 16.5. The lowest BCUT2D eigenvalue weighted by molar-refractivity contribution is 0.111. The maximum atomic E-state index is 12.1. The molecule has 2 amide bonds. The van der Waals surface area contributed by atoms with Crippen LogP contribution in [0.4, 0.5) is 10.5 Å². The minimum atomic E-state index is -0.246. The van der Waals surface area contributed by atoms with Gasteiger partial charge < -0.3 is 15.4 Å². The predicted molar refractivity (Wildman–Crippen MR) is 93.6 cm³/mol. The van der Waals surface area contributed by atoms with Gasteiger partial charge in [-0.3, -0.25) is 4.98 Å². The van der Waals surface area contributed by atoms with Gasteiger partial charge in [0.25, 0.3) is 0 Å². The Labute approximate surface area is 142 Å². The van der Waals surface area contributed by atoms with E-state index in [4.69, 9.17) is 4.74 Å². The van der Waals surface area contributed by atoms with Crippen LogP contribution in [0.2, 0.25) is 0 Å². The van der Waals surface area contributed by atoms with E-state index in [1.165, 1.54) is 12.8 Å². The number of urea groups is 1. The zero-order chi connectivity index (χ0) is 16.8. The van der Waals surface area contributed by atoms with Gasteiger partial charge in [0.1, 0.15) is 0 Å². The molecule has 0 saturated heterocycles. The highest BCUT2D eigenvalue weighted by molar-refractivity contribution is 5.89. The number of anilines is 1. The van der Waals surface area contributed by atoms with Crippen LogP contribution in [0.5, 0.6) is 0 Å². The minimum Gasteiger partial charge on any atom is -0.376 e. The first-order valence-corrected chi connectivity index (χ1v) is 8.36. The molecule has 2 N–H and O–H groups in total. The molecular weight excluding hydrogens is 302 g/mol. The molecule has 1 fully saturated rings. The summed E-state index contributed by atoms with van der Waals surface area (Å²) in [6.07, 6.45) is 4.29. The molecule has 1 saturated carbocycles. The summed E-state index contributed by atoms with van der Waals surface area (Å²) in [7, 11) is 0. The lowest BCUT2D eigenvalue weighted by atomic mass is 10.2. The van der Waals surface area contributed by atoms with Crippen molar-refractivity contribution >= 4 is 11.7 Å². The molecule has 1 aliphatic rings. The van der Waals surface area contributed by atoms with Crippen LogP contribution in [0.1, 0.15) is 37.1 Å². The highest BCUT2D eigenvalue weighted by Gasteiger charge is 2.21. The zero-order valence-corrected chi connectivity index (χ0v) is 13.9. The zero-order valence-electron chi connectivity index (χ0n) is 13.9. The Morgan fingerprint density at radius 1 is 1.29 bits per heavy atom. The maximum Gasteiger partial charge on any atom is 0.319 e. The molecule has 0 spiro atoms. The van der Waals surface area contributed by atoms with Crippen molar-refractivity contribution in [3.8, 4) is 0 Å². The van der Waals surface area contributed by atoms with Gasteiger partial charge in [-0.1, -0.05) is 18.2 Å². The van der Waals surface area contributed by atoms with Gasteiger partial charge in [-0.2, -0.15) is 0 Å².